The van der Waals surface area contributed by atoms with Crippen molar-refractivity contribution in [2.45, 2.75) is 18.4 Å². The van der Waals surface area contributed by atoms with Crippen molar-refractivity contribution in [2.75, 3.05) is 18.1 Å². The van der Waals surface area contributed by atoms with Gasteiger partial charge in [0, 0.05) is 6.54 Å². The van der Waals surface area contributed by atoms with Gasteiger partial charge >= 0.3 is 0 Å². The highest BCUT2D eigenvalue weighted by atomic mass is 32.2. The molecule has 4 N–H and O–H groups in total. The van der Waals surface area contributed by atoms with E-state index >= 15 is 0 Å². The van der Waals surface area contributed by atoms with Crippen molar-refractivity contribution in [1.82, 2.24) is 4.72 Å². The number of sulfonamides is 1. The second-order valence-corrected chi connectivity index (χ2v) is 7.02. The van der Waals surface area contributed by atoms with E-state index in [-0.39, 0.29) is 4.90 Å². The summed E-state index contributed by atoms with van der Waals surface area (Å²) in [7, 11) is -2.09. The average molecular weight is 311 g/mol. The fraction of sp³-hybridized carbons (Fsp3) is 0.231. The van der Waals surface area contributed by atoms with Gasteiger partial charge in [-0.3, -0.25) is 0 Å². The van der Waals surface area contributed by atoms with Crippen LogP contribution in [0.3, 0.4) is 0 Å². The number of hydrogen-bond acceptors (Lipinski definition) is 5. The first-order valence-electron chi connectivity index (χ1n) is 6.02. The van der Waals surface area contributed by atoms with Crippen LogP contribution >= 0.6 is 11.3 Å². The molecule has 0 aliphatic rings. The molecule has 1 heterocycles. The van der Waals surface area contributed by atoms with E-state index in [1.165, 1.54) is 30.3 Å². The van der Waals surface area contributed by atoms with Crippen LogP contribution in [0.15, 0.2) is 33.9 Å². The Labute approximate surface area is 122 Å². The molecule has 20 heavy (non-hydrogen) atoms. The molecule has 108 valence electrons. The minimum absolute atomic E-state index is 0.162. The Hall–Kier alpha value is -1.57. The maximum Gasteiger partial charge on any atom is 0.240 e. The van der Waals surface area contributed by atoms with Crippen LogP contribution in [0.1, 0.15) is 11.1 Å². The summed E-state index contributed by atoms with van der Waals surface area (Å²) in [5.74, 6) is 0. The third-order valence-corrected chi connectivity index (χ3v) is 5.36. The third kappa shape index (κ3) is 3.12. The zero-order chi connectivity index (χ0) is 14.8. The van der Waals surface area contributed by atoms with Gasteiger partial charge in [-0.1, -0.05) is 0 Å². The molecule has 0 spiro atoms. The van der Waals surface area contributed by atoms with E-state index in [2.05, 4.69) is 27.7 Å². The number of aryl methyl sites for hydroxylation is 1. The van der Waals surface area contributed by atoms with E-state index < -0.39 is 10.0 Å². The topological polar surface area (TPSA) is 84.2 Å². The number of thiophene rings is 1. The molecule has 0 bridgehead atoms. The van der Waals surface area contributed by atoms with Crippen molar-refractivity contribution < 1.29 is 8.42 Å². The molecule has 2 rings (SSSR count). The van der Waals surface area contributed by atoms with E-state index in [9.17, 15) is 8.42 Å². The molecule has 5 nitrogen and oxygen atoms in total. The standard InChI is InChI=1S/C13H17N3O2S2/c1-9-7-19-8-10(9)6-16-13-4-3-11(5-12(13)14)20(17,18)15-2/h3-5,7-8,15-16H,6,14H2,1-2H3. The maximum atomic E-state index is 11.7. The quantitative estimate of drug-likeness (QED) is 0.739. The summed E-state index contributed by atoms with van der Waals surface area (Å²) < 4.78 is 25.6. The Morgan fingerprint density at radius 2 is 2.05 bits per heavy atom. The molecule has 0 aliphatic heterocycles. The molecule has 0 unspecified atom stereocenters. The highest BCUT2D eigenvalue weighted by molar-refractivity contribution is 7.89. The highest BCUT2D eigenvalue weighted by Crippen LogP contribution is 2.24. The predicted molar refractivity (Wildman–Crippen MR) is 83.5 cm³/mol. The molecule has 1 aromatic heterocycles. The van der Waals surface area contributed by atoms with Crippen molar-refractivity contribution in [3.05, 3.63) is 40.1 Å². The van der Waals surface area contributed by atoms with Crippen molar-refractivity contribution in [3.63, 3.8) is 0 Å². The van der Waals surface area contributed by atoms with Gasteiger partial charge in [0.1, 0.15) is 0 Å². The van der Waals surface area contributed by atoms with Crippen molar-refractivity contribution in [1.29, 1.82) is 0 Å². The molecule has 1 aromatic carbocycles. The lowest BCUT2D eigenvalue weighted by atomic mass is 10.2. The van der Waals surface area contributed by atoms with Gasteiger partial charge in [0.15, 0.2) is 0 Å². The lowest BCUT2D eigenvalue weighted by molar-refractivity contribution is 0.588. The summed E-state index contributed by atoms with van der Waals surface area (Å²) in [5.41, 5.74) is 9.48. The van der Waals surface area contributed by atoms with Crippen molar-refractivity contribution >= 4 is 32.7 Å². The number of anilines is 2. The Balaban J connectivity index is 2.17. The Morgan fingerprint density at radius 3 is 2.60 bits per heavy atom. The summed E-state index contributed by atoms with van der Waals surface area (Å²) >= 11 is 1.66. The number of nitrogen functional groups attached to an aromatic ring is 1. The van der Waals surface area contributed by atoms with E-state index in [0.29, 0.717) is 12.2 Å². The fourth-order valence-corrected chi connectivity index (χ4v) is 3.37. The van der Waals surface area contributed by atoms with Crippen LogP contribution in [0.2, 0.25) is 0 Å². The van der Waals surface area contributed by atoms with Crippen molar-refractivity contribution in [2.24, 2.45) is 0 Å². The molecule has 2 aromatic rings. The second kappa shape index (κ2) is 5.82. The van der Waals surface area contributed by atoms with Gasteiger partial charge in [-0.25, -0.2) is 13.1 Å². The van der Waals surface area contributed by atoms with Gasteiger partial charge in [0.25, 0.3) is 0 Å². The number of hydrogen-bond donors (Lipinski definition) is 3. The average Bonchev–Trinajstić information content (AvgIpc) is 2.83. The van der Waals surface area contributed by atoms with Gasteiger partial charge in [0.2, 0.25) is 10.0 Å². The molecular weight excluding hydrogens is 294 g/mol. The first-order chi connectivity index (χ1) is 9.44. The minimum Gasteiger partial charge on any atom is -0.397 e. The van der Waals surface area contributed by atoms with Crippen LogP contribution in [0.5, 0.6) is 0 Å². The number of nitrogens with two attached hydrogens (primary N) is 1. The predicted octanol–water partition coefficient (Wildman–Crippen LogP) is 2.16. The van der Waals surface area contributed by atoms with Gasteiger partial charge in [-0.05, 0) is 54.1 Å². The fourth-order valence-electron chi connectivity index (χ4n) is 1.75. The smallest absolute Gasteiger partial charge is 0.240 e. The molecule has 0 atom stereocenters. The molecule has 0 fully saturated rings. The zero-order valence-electron chi connectivity index (χ0n) is 11.3. The normalized spacial score (nSPS) is 11.5. The summed E-state index contributed by atoms with van der Waals surface area (Å²) in [6, 6.07) is 4.67. The lowest BCUT2D eigenvalue weighted by Crippen LogP contribution is -2.18. The van der Waals surface area contributed by atoms with Gasteiger partial charge in [0.05, 0.1) is 16.3 Å². The molecule has 0 amide bonds. The van der Waals surface area contributed by atoms with E-state index in [4.69, 9.17) is 5.73 Å². The van der Waals surface area contributed by atoms with Gasteiger partial charge < -0.3 is 11.1 Å². The lowest BCUT2D eigenvalue weighted by Gasteiger charge is -2.11. The van der Waals surface area contributed by atoms with Gasteiger partial charge in [-0.15, -0.1) is 0 Å². The summed E-state index contributed by atoms with van der Waals surface area (Å²) in [4.78, 5) is 0.162. The number of nitrogens with one attached hydrogen (secondary N) is 2. The van der Waals surface area contributed by atoms with E-state index in [1.54, 1.807) is 17.4 Å². The molecule has 0 saturated carbocycles. The summed E-state index contributed by atoms with van der Waals surface area (Å²) in [6.07, 6.45) is 0. The number of rotatable bonds is 5. The molecular formula is C13H17N3O2S2. The van der Waals surface area contributed by atoms with Crippen LogP contribution in [-0.2, 0) is 16.6 Å². The van der Waals surface area contributed by atoms with Crippen LogP contribution in [0, 0.1) is 6.92 Å². The van der Waals surface area contributed by atoms with E-state index in [1.807, 2.05) is 0 Å². The molecule has 0 radical (unpaired) electrons. The summed E-state index contributed by atoms with van der Waals surface area (Å²) in [6.45, 7) is 2.72. The maximum absolute atomic E-state index is 11.7. The molecule has 0 aliphatic carbocycles. The minimum atomic E-state index is -3.46. The van der Waals surface area contributed by atoms with Crippen LogP contribution in [-0.4, -0.2) is 15.5 Å². The van der Waals surface area contributed by atoms with E-state index in [0.717, 1.165) is 5.69 Å². The molecule has 7 heteroatoms. The Kier molecular flexibility index (Phi) is 4.32. The van der Waals surface area contributed by atoms with Crippen molar-refractivity contribution in [3.8, 4) is 0 Å². The first-order valence-corrected chi connectivity index (χ1v) is 8.45. The highest BCUT2D eigenvalue weighted by Gasteiger charge is 2.12. The van der Waals surface area contributed by atoms with Crippen LogP contribution in [0.25, 0.3) is 0 Å². The Bertz CT molecular complexity index is 708. The molecule has 0 saturated heterocycles. The first kappa shape index (κ1) is 14.8. The van der Waals surface area contributed by atoms with Crippen LogP contribution < -0.4 is 15.8 Å². The summed E-state index contributed by atoms with van der Waals surface area (Å²) in [5, 5.41) is 7.39. The monoisotopic (exact) mass is 311 g/mol. The zero-order valence-corrected chi connectivity index (χ0v) is 12.9. The van der Waals surface area contributed by atoms with Crippen LogP contribution in [0.4, 0.5) is 11.4 Å². The van der Waals surface area contributed by atoms with Gasteiger partial charge in [-0.2, -0.15) is 11.3 Å². The second-order valence-electron chi connectivity index (χ2n) is 4.39. The third-order valence-electron chi connectivity index (χ3n) is 3.03. The Morgan fingerprint density at radius 1 is 1.30 bits per heavy atom. The number of benzene rings is 1. The largest absolute Gasteiger partial charge is 0.397 e. The SMILES string of the molecule is CNS(=O)(=O)c1ccc(NCc2cscc2C)c(N)c1.